The van der Waals surface area contributed by atoms with Crippen LogP contribution in [0.5, 0.6) is 0 Å². The second kappa shape index (κ2) is 3.94. The maximum Gasteiger partial charge on any atom is 0.151 e. The van der Waals surface area contributed by atoms with E-state index >= 15 is 0 Å². The summed E-state index contributed by atoms with van der Waals surface area (Å²) in [6.45, 7) is 4.57. The van der Waals surface area contributed by atoms with Crippen molar-refractivity contribution in [1.82, 2.24) is 9.88 Å². The molecule has 0 amide bonds. The number of nitrogens with zero attached hydrogens (tertiary/aromatic N) is 3. The Morgan fingerprint density at radius 2 is 2.25 bits per heavy atom. The van der Waals surface area contributed by atoms with Crippen molar-refractivity contribution in [3.8, 4) is 0 Å². The highest BCUT2D eigenvalue weighted by atomic mass is 15.3. The van der Waals surface area contributed by atoms with Gasteiger partial charge in [0.2, 0.25) is 0 Å². The maximum atomic E-state index is 5.97. The number of aromatic nitrogens is 1. The zero-order chi connectivity index (χ0) is 11.0. The van der Waals surface area contributed by atoms with Gasteiger partial charge in [-0.05, 0) is 31.5 Å². The third-order valence-electron chi connectivity index (χ3n) is 3.70. The molecule has 0 saturated carbocycles. The van der Waals surface area contributed by atoms with Crippen LogP contribution in [0.3, 0.4) is 0 Å². The van der Waals surface area contributed by atoms with Gasteiger partial charge in [-0.2, -0.15) is 0 Å². The van der Waals surface area contributed by atoms with Crippen LogP contribution in [0.15, 0.2) is 18.3 Å². The predicted octanol–water partition coefficient (Wildman–Crippen LogP) is 0.948. The molecule has 3 rings (SSSR count). The molecule has 4 nitrogen and oxygen atoms in total. The summed E-state index contributed by atoms with van der Waals surface area (Å²) in [5.41, 5.74) is 6.77. The van der Waals surface area contributed by atoms with Gasteiger partial charge in [-0.25, -0.2) is 4.98 Å². The fourth-order valence-electron chi connectivity index (χ4n) is 2.86. The molecule has 2 aliphatic heterocycles. The molecule has 4 heteroatoms. The summed E-state index contributed by atoms with van der Waals surface area (Å²) in [4.78, 5) is 9.33. The molecule has 0 spiro atoms. The lowest BCUT2D eigenvalue weighted by Crippen LogP contribution is -2.50. The maximum absolute atomic E-state index is 5.97. The summed E-state index contributed by atoms with van der Waals surface area (Å²) < 4.78 is 0. The summed E-state index contributed by atoms with van der Waals surface area (Å²) >= 11 is 0. The molecular weight excluding hydrogens is 200 g/mol. The smallest absolute Gasteiger partial charge is 0.151 e. The monoisotopic (exact) mass is 218 g/mol. The number of nitrogens with two attached hydrogens (primary N) is 1. The van der Waals surface area contributed by atoms with E-state index < -0.39 is 0 Å². The van der Waals surface area contributed by atoms with Gasteiger partial charge in [0, 0.05) is 31.9 Å². The summed E-state index contributed by atoms with van der Waals surface area (Å²) in [5, 5.41) is 0. The van der Waals surface area contributed by atoms with Crippen molar-refractivity contribution in [2.75, 3.05) is 36.8 Å². The Balaban J connectivity index is 1.79. The van der Waals surface area contributed by atoms with Crippen molar-refractivity contribution in [1.29, 1.82) is 0 Å². The van der Waals surface area contributed by atoms with Gasteiger partial charge >= 0.3 is 0 Å². The quantitative estimate of drug-likeness (QED) is 0.762. The number of hydrogen-bond donors (Lipinski definition) is 1. The molecule has 0 aromatic carbocycles. The number of piperazine rings is 1. The van der Waals surface area contributed by atoms with Gasteiger partial charge in [0.1, 0.15) is 0 Å². The van der Waals surface area contributed by atoms with Gasteiger partial charge in [-0.3, -0.25) is 4.90 Å². The highest BCUT2D eigenvalue weighted by molar-refractivity contribution is 5.62. The van der Waals surface area contributed by atoms with Crippen LogP contribution in [0.2, 0.25) is 0 Å². The molecule has 0 unspecified atom stereocenters. The molecule has 16 heavy (non-hydrogen) atoms. The van der Waals surface area contributed by atoms with Crippen LogP contribution in [0, 0.1) is 0 Å². The lowest BCUT2D eigenvalue weighted by Gasteiger charge is -2.38. The van der Waals surface area contributed by atoms with Gasteiger partial charge in [-0.1, -0.05) is 0 Å². The van der Waals surface area contributed by atoms with E-state index in [1.807, 2.05) is 18.3 Å². The van der Waals surface area contributed by atoms with Crippen LogP contribution in [0.1, 0.15) is 12.8 Å². The van der Waals surface area contributed by atoms with Crippen LogP contribution in [-0.4, -0.2) is 42.1 Å². The molecule has 0 radical (unpaired) electrons. The number of anilines is 2. The first-order valence-corrected chi connectivity index (χ1v) is 6.04. The molecule has 1 atom stereocenters. The Kier molecular flexibility index (Phi) is 2.44. The summed E-state index contributed by atoms with van der Waals surface area (Å²) in [7, 11) is 0. The standard InChI is InChI=1S/C12H18N4/c13-11-4-1-5-14-12(11)16-8-7-15-6-2-3-10(15)9-16/h1,4-5,10H,2-3,6-9,13H2/t10-/m1/s1. The van der Waals surface area contributed by atoms with Gasteiger partial charge in [0.25, 0.3) is 0 Å². The summed E-state index contributed by atoms with van der Waals surface area (Å²) in [5.74, 6) is 0.967. The van der Waals surface area contributed by atoms with Crippen molar-refractivity contribution in [3.63, 3.8) is 0 Å². The molecule has 86 valence electrons. The normalized spacial score (nSPS) is 25.8. The Morgan fingerprint density at radius 3 is 3.12 bits per heavy atom. The van der Waals surface area contributed by atoms with E-state index in [4.69, 9.17) is 5.73 Å². The van der Waals surface area contributed by atoms with Crippen LogP contribution < -0.4 is 10.6 Å². The third kappa shape index (κ3) is 1.63. The molecule has 2 saturated heterocycles. The van der Waals surface area contributed by atoms with Crippen LogP contribution >= 0.6 is 0 Å². The Labute approximate surface area is 96.1 Å². The first-order chi connectivity index (χ1) is 7.84. The van der Waals surface area contributed by atoms with Crippen LogP contribution in [-0.2, 0) is 0 Å². The topological polar surface area (TPSA) is 45.4 Å². The number of pyridine rings is 1. The Hall–Kier alpha value is -1.29. The molecule has 0 bridgehead atoms. The number of hydrogen-bond acceptors (Lipinski definition) is 4. The van der Waals surface area contributed by atoms with E-state index in [2.05, 4.69) is 14.8 Å². The number of rotatable bonds is 1. The minimum Gasteiger partial charge on any atom is -0.396 e. The molecule has 0 aliphatic carbocycles. The Morgan fingerprint density at radius 1 is 1.31 bits per heavy atom. The third-order valence-corrected chi connectivity index (χ3v) is 3.70. The lowest BCUT2D eigenvalue weighted by atomic mass is 10.1. The molecule has 2 aliphatic rings. The molecule has 1 aromatic heterocycles. The number of nitrogen functional groups attached to an aromatic ring is 1. The van der Waals surface area contributed by atoms with Gasteiger partial charge < -0.3 is 10.6 Å². The van der Waals surface area contributed by atoms with E-state index in [9.17, 15) is 0 Å². The van der Waals surface area contributed by atoms with E-state index in [0.29, 0.717) is 0 Å². The molecule has 2 N–H and O–H groups in total. The van der Waals surface area contributed by atoms with Gasteiger partial charge in [-0.15, -0.1) is 0 Å². The van der Waals surface area contributed by atoms with Crippen LogP contribution in [0.4, 0.5) is 11.5 Å². The number of fused-ring (bicyclic) bond motifs is 1. The van der Waals surface area contributed by atoms with E-state index in [0.717, 1.165) is 37.2 Å². The van der Waals surface area contributed by atoms with Crippen molar-refractivity contribution in [3.05, 3.63) is 18.3 Å². The van der Waals surface area contributed by atoms with Crippen molar-refractivity contribution < 1.29 is 0 Å². The Bertz CT molecular complexity index is 379. The minimum absolute atomic E-state index is 0.718. The second-order valence-corrected chi connectivity index (χ2v) is 4.69. The van der Waals surface area contributed by atoms with E-state index in [-0.39, 0.29) is 0 Å². The highest BCUT2D eigenvalue weighted by Gasteiger charge is 2.31. The van der Waals surface area contributed by atoms with Crippen molar-refractivity contribution >= 4 is 11.5 Å². The van der Waals surface area contributed by atoms with Crippen LogP contribution in [0.25, 0.3) is 0 Å². The average molecular weight is 218 g/mol. The first-order valence-electron chi connectivity index (χ1n) is 6.04. The van der Waals surface area contributed by atoms with Gasteiger partial charge in [0.15, 0.2) is 5.82 Å². The molecular formula is C12H18N4. The highest BCUT2D eigenvalue weighted by Crippen LogP contribution is 2.26. The zero-order valence-electron chi connectivity index (χ0n) is 9.47. The van der Waals surface area contributed by atoms with E-state index in [1.165, 1.54) is 19.4 Å². The van der Waals surface area contributed by atoms with Gasteiger partial charge in [0.05, 0.1) is 5.69 Å². The lowest BCUT2D eigenvalue weighted by molar-refractivity contribution is 0.230. The van der Waals surface area contributed by atoms with Crippen molar-refractivity contribution in [2.45, 2.75) is 18.9 Å². The zero-order valence-corrected chi connectivity index (χ0v) is 9.47. The van der Waals surface area contributed by atoms with E-state index in [1.54, 1.807) is 0 Å². The molecule has 3 heterocycles. The minimum atomic E-state index is 0.718. The molecule has 2 fully saturated rings. The second-order valence-electron chi connectivity index (χ2n) is 4.69. The SMILES string of the molecule is Nc1cccnc1N1CCN2CCC[C@@H]2C1. The molecule has 1 aromatic rings. The summed E-state index contributed by atoms with van der Waals surface area (Å²) in [6.07, 6.45) is 4.49. The predicted molar refractivity (Wildman–Crippen MR) is 65.5 cm³/mol. The fourth-order valence-corrected chi connectivity index (χ4v) is 2.86. The first kappa shape index (κ1) is 9.90. The fraction of sp³-hybridized carbons (Fsp3) is 0.583. The summed E-state index contributed by atoms with van der Waals surface area (Å²) in [6, 6.07) is 4.55. The average Bonchev–Trinajstić information content (AvgIpc) is 2.76. The largest absolute Gasteiger partial charge is 0.396 e. The van der Waals surface area contributed by atoms with Crippen molar-refractivity contribution in [2.24, 2.45) is 0 Å².